The summed E-state index contributed by atoms with van der Waals surface area (Å²) in [5, 5.41) is 0.408. The van der Waals surface area contributed by atoms with Crippen LogP contribution in [0.1, 0.15) is 38.5 Å². The van der Waals surface area contributed by atoms with Gasteiger partial charge in [-0.1, -0.05) is 19.3 Å². The van der Waals surface area contributed by atoms with Crippen LogP contribution in [0.5, 0.6) is 0 Å². The smallest absolute Gasteiger partial charge is 0.809 e. The van der Waals surface area contributed by atoms with Crippen molar-refractivity contribution >= 4 is 26.7 Å². The molecule has 0 aromatic carbocycles. The molecule has 0 radical (unpaired) electrons. The average Bonchev–Trinajstić information content (AvgIpc) is 2.84. The molecule has 0 amide bonds. The third-order valence-electron chi connectivity index (χ3n) is 3.98. The van der Waals surface area contributed by atoms with Gasteiger partial charge in [0.25, 0.3) is 0 Å². The van der Waals surface area contributed by atoms with Crippen LogP contribution >= 0.6 is 15.2 Å². The van der Waals surface area contributed by atoms with Crippen LogP contribution in [-0.2, 0) is 13.9 Å². The molecule has 1 aliphatic carbocycles. The van der Waals surface area contributed by atoms with E-state index in [4.69, 9.17) is 0 Å². The van der Waals surface area contributed by atoms with Gasteiger partial charge in [0.1, 0.15) is 5.71 Å². The van der Waals surface area contributed by atoms with Crippen LogP contribution < -0.4 is 118 Å². The first-order valence-corrected chi connectivity index (χ1v) is 9.70. The van der Waals surface area contributed by atoms with E-state index < -0.39 is 32.4 Å². The molecule has 2 aliphatic rings. The van der Waals surface area contributed by atoms with E-state index in [2.05, 4.69) is 5.10 Å². The third-order valence-corrected chi connectivity index (χ3v) is 7.88. The zero-order chi connectivity index (χ0) is 15.9. The molecule has 2 rings (SSSR count). The zero-order valence-corrected chi connectivity index (χ0v) is 21.1. The fraction of sp³-hybridized carbons (Fsp3) is 0.800. The Kier molecular flexibility index (Phi) is 10.9. The molecule has 0 aromatic rings. The molecule has 1 aliphatic heterocycles. The number of hydrogen-bond acceptors (Lipinski definition) is 7. The number of hydrogen-bond donors (Lipinski definition) is 3. The molecule has 1 saturated carbocycles. The van der Waals surface area contributed by atoms with Crippen molar-refractivity contribution in [1.82, 2.24) is 5.43 Å². The Hall–Kier alpha value is 2.71. The molecule has 23 heavy (non-hydrogen) atoms. The van der Waals surface area contributed by atoms with Gasteiger partial charge in [-0.3, -0.25) is 14.8 Å². The Labute approximate surface area is 219 Å². The summed E-state index contributed by atoms with van der Waals surface area (Å²) in [6.07, 6.45) is 3.11. The van der Waals surface area contributed by atoms with Gasteiger partial charge in [0.15, 0.2) is 10.8 Å². The van der Waals surface area contributed by atoms with Gasteiger partial charge in [-0.2, -0.15) is 5.10 Å². The molecule has 13 heteroatoms. The Bertz CT molecular complexity index is 546. The molecule has 1 heterocycles. The molecule has 0 aromatic heterocycles. The van der Waals surface area contributed by atoms with Gasteiger partial charge in [-0.15, -0.1) is 0 Å². The van der Waals surface area contributed by atoms with Crippen LogP contribution in [0.15, 0.2) is 5.10 Å². The molecule has 3 N–H and O–H groups in total. The number of nitrogens with zero attached hydrogens (tertiary/aromatic N) is 1. The molecular formula is C10H16K2N2O7P2. The summed E-state index contributed by atoms with van der Waals surface area (Å²) in [7, 11) is -11.1. The molecule has 1 atom stereocenters. The van der Waals surface area contributed by atoms with Crippen molar-refractivity contribution < 1.29 is 136 Å². The van der Waals surface area contributed by atoms with E-state index in [9.17, 15) is 33.5 Å². The van der Waals surface area contributed by atoms with Crippen molar-refractivity contribution in [2.24, 2.45) is 11.0 Å². The minimum atomic E-state index is -5.72. The molecule has 0 spiro atoms. The van der Waals surface area contributed by atoms with E-state index in [0.717, 1.165) is 19.3 Å². The second kappa shape index (κ2) is 9.77. The predicted octanol–water partition coefficient (Wildman–Crippen LogP) is -6.76. The summed E-state index contributed by atoms with van der Waals surface area (Å²) in [6.45, 7) is 0. The summed E-state index contributed by atoms with van der Waals surface area (Å²) < 4.78 is 22.7. The normalized spacial score (nSPS) is 25.7. The van der Waals surface area contributed by atoms with Crippen molar-refractivity contribution in [3.63, 3.8) is 0 Å². The van der Waals surface area contributed by atoms with Crippen LogP contribution in [0.4, 0.5) is 0 Å². The van der Waals surface area contributed by atoms with Crippen LogP contribution in [0.3, 0.4) is 0 Å². The van der Waals surface area contributed by atoms with Crippen molar-refractivity contribution in [1.29, 1.82) is 0 Å². The number of Topliss-reactive ketones (excluding diaryl/α,β-unsaturated/α-hetero) is 1. The summed E-state index contributed by atoms with van der Waals surface area (Å²) in [6, 6.07) is 0. The Morgan fingerprint density at radius 1 is 1.17 bits per heavy atom. The fourth-order valence-corrected chi connectivity index (χ4v) is 5.03. The largest absolute Gasteiger partial charge is 1.00 e. The Morgan fingerprint density at radius 3 is 2.09 bits per heavy atom. The second-order valence-corrected chi connectivity index (χ2v) is 9.37. The van der Waals surface area contributed by atoms with E-state index in [0.29, 0.717) is 12.8 Å². The van der Waals surface area contributed by atoms with Crippen molar-refractivity contribution in [2.45, 2.75) is 43.5 Å². The maximum atomic E-state index is 12.2. The third kappa shape index (κ3) is 5.60. The zero-order valence-electron chi connectivity index (χ0n) is 13.1. The van der Waals surface area contributed by atoms with Crippen molar-refractivity contribution in [3.8, 4) is 0 Å². The van der Waals surface area contributed by atoms with Gasteiger partial charge >= 0.3 is 110 Å². The summed E-state index contributed by atoms with van der Waals surface area (Å²) >= 11 is 0. The maximum Gasteiger partial charge on any atom is 1.00 e. The number of rotatable bonds is 4. The quantitative estimate of drug-likeness (QED) is 0.301. The first kappa shape index (κ1) is 25.7. The molecule has 9 nitrogen and oxygen atoms in total. The second-order valence-electron chi connectivity index (χ2n) is 5.40. The molecular weight excluding hydrogens is 400 g/mol. The number of carbonyl (C=O) groups excluding carboxylic acids is 1. The summed E-state index contributed by atoms with van der Waals surface area (Å²) in [5.74, 6) is -0.768. The van der Waals surface area contributed by atoms with Gasteiger partial charge in [0.05, 0.1) is 0 Å². The molecule has 0 bridgehead atoms. The van der Waals surface area contributed by atoms with E-state index in [1.54, 1.807) is 5.43 Å². The standard InChI is InChI=1S/C10H18N2O7P2.2K/c13-9(7-4-2-1-3-5-7)8-6-10(12-11-8,20(14,15)16)21(17,18)19;;/h7,12H,1-6H2,(H2,14,15,16)(H2,17,18,19);;/q;2*+1/p-2. The molecule has 0 saturated heterocycles. The predicted molar refractivity (Wildman–Crippen MR) is 69.2 cm³/mol. The van der Waals surface area contributed by atoms with Crippen LogP contribution in [0.25, 0.3) is 0 Å². The molecule has 1 unspecified atom stereocenters. The van der Waals surface area contributed by atoms with E-state index in [1.165, 1.54) is 0 Å². The Morgan fingerprint density at radius 2 is 1.70 bits per heavy atom. The molecule has 1 fully saturated rings. The summed E-state index contributed by atoms with van der Waals surface area (Å²) in [4.78, 5) is 53.2. The molecule has 120 valence electrons. The fourth-order valence-electron chi connectivity index (χ4n) is 2.70. The summed E-state index contributed by atoms with van der Waals surface area (Å²) in [5.41, 5.74) is 1.46. The SMILES string of the molecule is O=C(C1=NNC(P(=O)([O-])[O-])(P(=O)(O)O)C1)C1CCCCC1.[K+].[K+]. The Balaban J connectivity index is 0.00000242. The van der Waals surface area contributed by atoms with Gasteiger partial charge in [0, 0.05) is 12.3 Å². The minimum absolute atomic E-state index is 0. The van der Waals surface area contributed by atoms with E-state index in [-0.39, 0.29) is 114 Å². The number of carbonyl (C=O) groups is 1. The van der Waals surface area contributed by atoms with Crippen molar-refractivity contribution in [2.75, 3.05) is 0 Å². The van der Waals surface area contributed by atoms with E-state index in [1.807, 2.05) is 0 Å². The van der Waals surface area contributed by atoms with E-state index >= 15 is 0 Å². The average molecular weight is 416 g/mol. The first-order valence-electron chi connectivity index (χ1n) is 6.54. The number of nitrogens with one attached hydrogen (secondary N) is 1. The van der Waals surface area contributed by atoms with Gasteiger partial charge in [-0.25, -0.2) is 0 Å². The topological polar surface area (TPSA) is 162 Å². The van der Waals surface area contributed by atoms with Gasteiger partial charge in [0.2, 0.25) is 0 Å². The van der Waals surface area contributed by atoms with Crippen molar-refractivity contribution in [3.05, 3.63) is 0 Å². The number of ketones is 1. The van der Waals surface area contributed by atoms with Crippen LogP contribution in [0.2, 0.25) is 0 Å². The van der Waals surface area contributed by atoms with Gasteiger partial charge < -0.3 is 24.1 Å². The number of hydrazone groups is 1. The van der Waals surface area contributed by atoms with Crippen LogP contribution in [0, 0.1) is 5.92 Å². The first-order chi connectivity index (χ1) is 9.58. The van der Waals surface area contributed by atoms with Gasteiger partial charge in [-0.05, 0) is 20.4 Å². The monoisotopic (exact) mass is 416 g/mol. The minimum Gasteiger partial charge on any atom is -0.809 e. The maximum absolute atomic E-state index is 12.2. The van der Waals surface area contributed by atoms with Crippen LogP contribution in [-0.4, -0.2) is 26.3 Å².